The van der Waals surface area contributed by atoms with Gasteiger partial charge in [0.1, 0.15) is 0 Å². The number of nitrogens with zero attached hydrogens (tertiary/aromatic N) is 2. The molecule has 1 N–H and O–H groups in total. The van der Waals surface area contributed by atoms with Crippen LogP contribution in [0.4, 0.5) is 0 Å². The lowest BCUT2D eigenvalue weighted by Gasteiger charge is -2.45. The molecule has 4 aliphatic rings. The summed E-state index contributed by atoms with van der Waals surface area (Å²) in [6.07, 6.45) is 7.61. The highest BCUT2D eigenvalue weighted by Gasteiger charge is 2.45. The van der Waals surface area contributed by atoms with Gasteiger partial charge in [-0.1, -0.05) is 6.42 Å². The fraction of sp³-hybridized carbons (Fsp3) is 0.947. The molecular weight excluding hydrogens is 302 g/mol. The van der Waals surface area contributed by atoms with Gasteiger partial charge in [-0.2, -0.15) is 0 Å². The highest BCUT2D eigenvalue weighted by molar-refractivity contribution is 5.83. The average molecular weight is 335 g/mol. The predicted octanol–water partition coefficient (Wildman–Crippen LogP) is 1.34. The van der Waals surface area contributed by atoms with Gasteiger partial charge in [0.15, 0.2) is 0 Å². The number of ether oxygens (including phenoxy) is 1. The number of nitrogens with one attached hydrogen (secondary N) is 1. The lowest BCUT2D eigenvalue weighted by atomic mass is 9.78. The van der Waals surface area contributed by atoms with E-state index in [1.54, 1.807) is 7.11 Å². The van der Waals surface area contributed by atoms with E-state index in [2.05, 4.69) is 15.1 Å². The number of amides is 1. The van der Waals surface area contributed by atoms with Crippen molar-refractivity contribution in [3.8, 4) is 0 Å². The van der Waals surface area contributed by atoms with E-state index in [-0.39, 0.29) is 5.41 Å². The molecule has 0 radical (unpaired) electrons. The predicted molar refractivity (Wildman–Crippen MR) is 93.8 cm³/mol. The quantitative estimate of drug-likeness (QED) is 0.842. The van der Waals surface area contributed by atoms with Crippen molar-refractivity contribution in [2.75, 3.05) is 53.0 Å². The van der Waals surface area contributed by atoms with Gasteiger partial charge in [0.25, 0.3) is 0 Å². The van der Waals surface area contributed by atoms with Crippen molar-refractivity contribution >= 4 is 5.91 Å². The average Bonchev–Trinajstić information content (AvgIpc) is 3.26. The molecule has 2 aliphatic heterocycles. The van der Waals surface area contributed by atoms with Crippen LogP contribution in [0.1, 0.15) is 38.5 Å². The molecule has 2 heterocycles. The zero-order valence-electron chi connectivity index (χ0n) is 15.1. The second kappa shape index (κ2) is 6.93. The molecule has 4 fully saturated rings. The van der Waals surface area contributed by atoms with Crippen LogP contribution in [0.5, 0.6) is 0 Å². The molecule has 2 bridgehead atoms. The molecule has 3 atom stereocenters. The number of carbonyl (C=O) groups is 1. The SMILES string of the molecule is COCC1(C(=O)N2CCN(C3CC4CCC3C4)CC2)CCNCC1. The molecule has 3 unspecified atom stereocenters. The van der Waals surface area contributed by atoms with Crippen LogP contribution in [-0.4, -0.2) is 74.7 Å². The second-order valence-corrected chi connectivity index (χ2v) is 8.53. The number of methoxy groups -OCH3 is 1. The standard InChI is InChI=1S/C19H33N3O2/c1-24-14-19(4-6-20-7-5-19)18(23)22-10-8-21(9-11-22)17-13-15-2-3-16(17)12-15/h15-17,20H,2-14H2,1H3. The maximum Gasteiger partial charge on any atom is 0.231 e. The van der Waals surface area contributed by atoms with E-state index in [0.29, 0.717) is 12.5 Å². The van der Waals surface area contributed by atoms with Crippen LogP contribution in [0, 0.1) is 17.3 Å². The first-order chi connectivity index (χ1) is 11.7. The third kappa shape index (κ3) is 2.99. The van der Waals surface area contributed by atoms with E-state index in [1.807, 2.05) is 0 Å². The number of rotatable bonds is 4. The topological polar surface area (TPSA) is 44.8 Å². The van der Waals surface area contributed by atoms with Gasteiger partial charge in [-0.3, -0.25) is 9.69 Å². The number of piperazine rings is 1. The molecule has 2 aliphatic carbocycles. The zero-order chi connectivity index (χ0) is 16.6. The van der Waals surface area contributed by atoms with Gasteiger partial charge in [0.05, 0.1) is 12.0 Å². The van der Waals surface area contributed by atoms with Gasteiger partial charge in [0, 0.05) is 39.3 Å². The Morgan fingerprint density at radius 1 is 1.12 bits per heavy atom. The Hall–Kier alpha value is -0.650. The molecule has 4 rings (SSSR count). The maximum atomic E-state index is 13.2. The third-order valence-electron chi connectivity index (χ3n) is 7.21. The van der Waals surface area contributed by atoms with Crippen molar-refractivity contribution in [1.29, 1.82) is 0 Å². The maximum absolute atomic E-state index is 13.2. The number of fused-ring (bicyclic) bond motifs is 2. The van der Waals surface area contributed by atoms with Crippen molar-refractivity contribution in [3.05, 3.63) is 0 Å². The van der Waals surface area contributed by atoms with Crippen molar-refractivity contribution in [1.82, 2.24) is 15.1 Å². The summed E-state index contributed by atoms with van der Waals surface area (Å²) < 4.78 is 5.45. The van der Waals surface area contributed by atoms with Crippen molar-refractivity contribution in [2.45, 2.75) is 44.6 Å². The summed E-state index contributed by atoms with van der Waals surface area (Å²) in [5.74, 6) is 2.29. The third-order valence-corrected chi connectivity index (χ3v) is 7.21. The van der Waals surface area contributed by atoms with Crippen LogP contribution < -0.4 is 5.32 Å². The van der Waals surface area contributed by atoms with E-state index in [0.717, 1.165) is 70.0 Å². The molecule has 2 saturated heterocycles. The van der Waals surface area contributed by atoms with Crippen LogP contribution >= 0.6 is 0 Å². The first-order valence-corrected chi connectivity index (χ1v) is 9.95. The van der Waals surface area contributed by atoms with E-state index in [9.17, 15) is 4.79 Å². The van der Waals surface area contributed by atoms with Crippen LogP contribution in [0.2, 0.25) is 0 Å². The van der Waals surface area contributed by atoms with Crippen LogP contribution in [0.3, 0.4) is 0 Å². The number of hydrogen-bond acceptors (Lipinski definition) is 4. The second-order valence-electron chi connectivity index (χ2n) is 8.53. The molecule has 0 aromatic heterocycles. The molecule has 0 aromatic carbocycles. The molecule has 1 amide bonds. The lowest BCUT2D eigenvalue weighted by molar-refractivity contribution is -0.149. The monoisotopic (exact) mass is 335 g/mol. The number of piperidine rings is 1. The van der Waals surface area contributed by atoms with Crippen LogP contribution in [0.25, 0.3) is 0 Å². The highest BCUT2D eigenvalue weighted by atomic mass is 16.5. The van der Waals surface area contributed by atoms with E-state index in [4.69, 9.17) is 4.74 Å². The summed E-state index contributed by atoms with van der Waals surface area (Å²) in [5.41, 5.74) is -0.283. The summed E-state index contributed by atoms with van der Waals surface area (Å²) >= 11 is 0. The molecule has 0 aromatic rings. The largest absolute Gasteiger partial charge is 0.384 e. The van der Waals surface area contributed by atoms with Crippen molar-refractivity contribution in [3.63, 3.8) is 0 Å². The molecule has 5 nitrogen and oxygen atoms in total. The minimum Gasteiger partial charge on any atom is -0.384 e. The summed E-state index contributed by atoms with van der Waals surface area (Å²) in [6.45, 7) is 6.39. The van der Waals surface area contributed by atoms with Gasteiger partial charge >= 0.3 is 0 Å². The summed E-state index contributed by atoms with van der Waals surface area (Å²) in [4.78, 5) is 18.0. The Labute approximate surface area is 146 Å². The van der Waals surface area contributed by atoms with E-state index >= 15 is 0 Å². The number of hydrogen-bond donors (Lipinski definition) is 1. The Morgan fingerprint density at radius 3 is 2.46 bits per heavy atom. The van der Waals surface area contributed by atoms with Gasteiger partial charge in [-0.05, 0) is 57.0 Å². The van der Waals surface area contributed by atoms with E-state index in [1.165, 1.54) is 25.7 Å². The van der Waals surface area contributed by atoms with Gasteiger partial charge in [-0.25, -0.2) is 0 Å². The van der Waals surface area contributed by atoms with Gasteiger partial charge in [0.2, 0.25) is 5.91 Å². The van der Waals surface area contributed by atoms with Gasteiger partial charge in [-0.15, -0.1) is 0 Å². The minimum absolute atomic E-state index is 0.283. The van der Waals surface area contributed by atoms with Crippen molar-refractivity contribution in [2.24, 2.45) is 17.3 Å². The zero-order valence-corrected chi connectivity index (χ0v) is 15.1. The fourth-order valence-electron chi connectivity index (χ4n) is 5.85. The fourth-order valence-corrected chi connectivity index (χ4v) is 5.85. The van der Waals surface area contributed by atoms with Crippen molar-refractivity contribution < 1.29 is 9.53 Å². The molecule has 0 spiro atoms. The normalized spacial score (nSPS) is 36.2. The van der Waals surface area contributed by atoms with Gasteiger partial charge < -0.3 is 15.0 Å². The molecule has 2 saturated carbocycles. The summed E-state index contributed by atoms with van der Waals surface area (Å²) in [6, 6.07) is 0.813. The van der Waals surface area contributed by atoms with E-state index < -0.39 is 0 Å². The first-order valence-electron chi connectivity index (χ1n) is 9.95. The first kappa shape index (κ1) is 16.8. The Bertz CT molecular complexity index is 450. The Kier molecular flexibility index (Phi) is 4.85. The highest BCUT2D eigenvalue weighted by Crippen LogP contribution is 2.46. The Morgan fingerprint density at radius 2 is 1.88 bits per heavy atom. The molecule has 24 heavy (non-hydrogen) atoms. The summed E-state index contributed by atoms with van der Waals surface area (Å²) in [5, 5.41) is 3.38. The smallest absolute Gasteiger partial charge is 0.231 e. The molecular formula is C19H33N3O2. The molecule has 5 heteroatoms. The van der Waals surface area contributed by atoms with Crippen LogP contribution in [-0.2, 0) is 9.53 Å². The Balaban J connectivity index is 1.35. The number of carbonyl (C=O) groups excluding carboxylic acids is 1. The van der Waals surface area contributed by atoms with Crippen LogP contribution in [0.15, 0.2) is 0 Å². The summed E-state index contributed by atoms with van der Waals surface area (Å²) in [7, 11) is 1.73. The minimum atomic E-state index is -0.283. The molecule has 136 valence electrons. The lowest BCUT2D eigenvalue weighted by Crippen LogP contribution is -2.58.